The number of carbonyl (C=O) groups is 7. The molecule has 2 fully saturated rings. The number of primary amides is 2. The van der Waals surface area contributed by atoms with Gasteiger partial charge in [0.05, 0.1) is 48.9 Å². The van der Waals surface area contributed by atoms with Gasteiger partial charge in [-0.05, 0) is 31.7 Å². The number of hydrogen-bond acceptors (Lipinski definition) is 20. The maximum Gasteiger partial charge on any atom is 0.248 e. The van der Waals surface area contributed by atoms with Gasteiger partial charge in [-0.25, -0.2) is 4.21 Å². The molecular formula is C37H57N8O19S-. The van der Waals surface area contributed by atoms with E-state index in [0.717, 1.165) is 36.9 Å². The zero-order valence-corrected chi connectivity index (χ0v) is 36.3. The van der Waals surface area contributed by atoms with E-state index < -0.39 is 175 Å². The van der Waals surface area contributed by atoms with Crippen LogP contribution in [0, 0.1) is 11.8 Å². The van der Waals surface area contributed by atoms with Crippen LogP contribution in [0.15, 0.2) is 18.2 Å². The number of hydrogen-bond donors (Lipinski definition) is 15. The zero-order valence-electron chi connectivity index (χ0n) is 35.5. The van der Waals surface area contributed by atoms with Gasteiger partial charge in [0.15, 0.2) is 17.7 Å². The van der Waals surface area contributed by atoms with E-state index in [-0.39, 0.29) is 18.5 Å². The molecule has 2 aliphatic rings. The van der Waals surface area contributed by atoms with E-state index in [1.54, 1.807) is 0 Å². The summed E-state index contributed by atoms with van der Waals surface area (Å²) in [6.07, 6.45) is -16.4. The van der Waals surface area contributed by atoms with Gasteiger partial charge in [-0.1, -0.05) is 19.9 Å². The summed E-state index contributed by atoms with van der Waals surface area (Å²) in [6, 6.07) is -5.49. The Morgan fingerprint density at radius 1 is 0.892 bits per heavy atom. The minimum Gasteiger partial charge on any atom is -0.740 e. The predicted octanol–water partition coefficient (Wildman–Crippen LogP) is -8.39. The van der Waals surface area contributed by atoms with Crippen LogP contribution >= 0.6 is 0 Å². The van der Waals surface area contributed by atoms with Crippen LogP contribution in [0.1, 0.15) is 51.7 Å². The fraction of sp³-hybridized carbons (Fsp3) is 0.649. The first-order chi connectivity index (χ1) is 30.2. The van der Waals surface area contributed by atoms with Crippen LogP contribution in [-0.2, 0) is 44.9 Å². The topological polar surface area (TPSA) is 458 Å². The maximum atomic E-state index is 14.1. The highest BCUT2D eigenvalue weighted by Crippen LogP contribution is 2.32. The molecule has 0 saturated carbocycles. The third-order valence-electron chi connectivity index (χ3n) is 11.1. The molecule has 7 amide bonds. The number of phenolic OH excluding ortho intramolecular Hbond substituents is 1. The van der Waals surface area contributed by atoms with E-state index >= 15 is 0 Å². The van der Waals surface area contributed by atoms with Gasteiger partial charge in [0.1, 0.15) is 47.7 Å². The fourth-order valence-electron chi connectivity index (χ4n) is 7.34. The number of likely N-dealkylation sites (tertiary alicyclic amines) is 2. The van der Waals surface area contributed by atoms with Crippen molar-refractivity contribution in [2.24, 2.45) is 23.3 Å². The first kappa shape index (κ1) is 54.2. The summed E-state index contributed by atoms with van der Waals surface area (Å²) in [5.74, 6) is -11.7. The van der Waals surface area contributed by atoms with Gasteiger partial charge in [0.25, 0.3) is 0 Å². The van der Waals surface area contributed by atoms with Crippen molar-refractivity contribution in [2.75, 3.05) is 20.1 Å². The molecule has 16 unspecified atom stereocenters. The summed E-state index contributed by atoms with van der Waals surface area (Å²) < 4.78 is 26.4. The third-order valence-corrected chi connectivity index (χ3v) is 11.4. The molecule has 17 N–H and O–H groups in total. The molecule has 28 heteroatoms. The largest absolute Gasteiger partial charge is 0.740 e. The molecule has 0 aromatic heterocycles. The van der Waals surface area contributed by atoms with Gasteiger partial charge in [0.2, 0.25) is 41.4 Å². The van der Waals surface area contributed by atoms with Crippen LogP contribution in [0.5, 0.6) is 11.5 Å². The molecule has 16 atom stereocenters. The van der Waals surface area contributed by atoms with Crippen molar-refractivity contribution >= 4 is 52.7 Å². The lowest BCUT2D eigenvalue weighted by Gasteiger charge is -2.33. The van der Waals surface area contributed by atoms with Gasteiger partial charge in [-0.3, -0.25) is 33.6 Å². The van der Waals surface area contributed by atoms with E-state index in [2.05, 4.69) is 20.1 Å². The smallest absolute Gasteiger partial charge is 0.248 e. The van der Waals surface area contributed by atoms with Crippen molar-refractivity contribution in [3.05, 3.63) is 23.8 Å². The van der Waals surface area contributed by atoms with Crippen molar-refractivity contribution < 1.29 is 92.5 Å². The van der Waals surface area contributed by atoms with Gasteiger partial charge in [-0.15, -0.1) is 0 Å². The molecule has 2 saturated heterocycles. The molecule has 3 rings (SSSR count). The van der Waals surface area contributed by atoms with Gasteiger partial charge in [0, 0.05) is 31.8 Å². The van der Waals surface area contributed by atoms with Crippen LogP contribution in [0.2, 0.25) is 0 Å². The number of nitrogens with zero attached hydrogens (tertiary/aromatic N) is 2. The van der Waals surface area contributed by atoms with E-state index in [1.807, 2.05) is 5.32 Å². The monoisotopic (exact) mass is 949 g/mol. The Kier molecular flexibility index (Phi) is 19.5. The van der Waals surface area contributed by atoms with Crippen molar-refractivity contribution in [3.8, 4) is 11.5 Å². The minimum atomic E-state index is -3.15. The number of aliphatic hydroxyl groups excluding tert-OH is 8. The van der Waals surface area contributed by atoms with Gasteiger partial charge >= 0.3 is 0 Å². The van der Waals surface area contributed by atoms with E-state index in [0.29, 0.717) is 4.90 Å². The van der Waals surface area contributed by atoms with Gasteiger partial charge in [-0.2, -0.15) is 0 Å². The normalized spacial score (nSPS) is 24.8. The predicted molar refractivity (Wildman–Crippen MR) is 217 cm³/mol. The Morgan fingerprint density at radius 2 is 1.49 bits per heavy atom. The number of rotatable bonds is 22. The average Bonchev–Trinajstić information content (AvgIpc) is 3.77. The molecule has 1 aromatic rings. The number of β-amino-alcohol motifs (C(OH)–C–C–N with tert-alkyl or cyclic N) is 1. The summed E-state index contributed by atoms with van der Waals surface area (Å²) in [5, 5.41) is 105. The summed E-state index contributed by atoms with van der Waals surface area (Å²) in [5.41, 5.74) is 10.3. The summed E-state index contributed by atoms with van der Waals surface area (Å²) in [7, 11) is 1.26. The van der Waals surface area contributed by atoms with Crippen molar-refractivity contribution in [2.45, 2.75) is 119 Å². The summed E-state index contributed by atoms with van der Waals surface area (Å²) >= 11 is -3.15. The molecule has 27 nitrogen and oxygen atoms in total. The second kappa shape index (κ2) is 23.4. The lowest BCUT2D eigenvalue weighted by atomic mass is 9.93. The Balaban J connectivity index is 1.77. The SMILES string of the molecule is CNC(CC(O)C(O)NC(=O)C1C(O)C(C)CN1C(=O)C(NC(=O)C(C)C(O)C(O)c1ccc(O)c(OS(=O)[O-])c1)C(O)CC(N)=O)C(=O)NC(C(=O)N1CC(O)CC1C(N)=O)C(C)O. The van der Waals surface area contributed by atoms with Crippen LogP contribution in [-0.4, -0.2) is 199 Å². The highest BCUT2D eigenvalue weighted by Gasteiger charge is 2.49. The number of phenols is 1. The first-order valence-electron chi connectivity index (χ1n) is 20.0. The lowest BCUT2D eigenvalue weighted by molar-refractivity contribution is -0.149. The number of benzene rings is 1. The highest BCUT2D eigenvalue weighted by molar-refractivity contribution is 7.74. The molecule has 2 aliphatic heterocycles. The van der Waals surface area contributed by atoms with Gasteiger partial charge < -0.3 is 97.2 Å². The third kappa shape index (κ3) is 13.7. The molecule has 366 valence electrons. The Morgan fingerprint density at radius 3 is 2.05 bits per heavy atom. The van der Waals surface area contributed by atoms with E-state index in [1.165, 1.54) is 14.0 Å². The second-order valence-corrected chi connectivity index (χ2v) is 16.6. The van der Waals surface area contributed by atoms with Crippen molar-refractivity contribution in [1.29, 1.82) is 0 Å². The number of likely N-dealkylation sites (N-methyl/N-ethyl adjacent to an activating group) is 1. The quantitative estimate of drug-likeness (QED) is 0.0379. The summed E-state index contributed by atoms with van der Waals surface area (Å²) in [6.45, 7) is 2.90. The van der Waals surface area contributed by atoms with E-state index in [9.17, 15) is 88.3 Å². The molecule has 0 radical (unpaired) electrons. The number of carbonyl (C=O) groups excluding carboxylic acids is 7. The number of nitrogens with one attached hydrogen (secondary N) is 4. The standard InChI is InChI=1S/C37H58N8O19S/c1-13-11-45(37(61)26(21(49)10-24(38)51)42-32(56)14(2)29(53)30(54)16-5-6-20(48)23(7-16)64-65(62)63)27(28(13)52)35(59)43-34(58)22(50)9-18(40-4)33(57)41-25(15(3)46)36(60)44-12-17(47)8-19(44)31(39)55/h5-7,13-15,17-19,21-22,25-30,34,40,46-50,52-54,58H,8-12H2,1-4H3,(H2,38,51)(H2,39,55)(H,41,57)(H,42,56)(H,43,59)(H,62,63)/p-1. The molecule has 2 heterocycles. The van der Waals surface area contributed by atoms with Crippen molar-refractivity contribution in [3.63, 3.8) is 0 Å². The Labute approximate surface area is 373 Å². The fourth-order valence-corrected chi connectivity index (χ4v) is 7.62. The molecule has 0 bridgehead atoms. The molecule has 65 heavy (non-hydrogen) atoms. The first-order valence-corrected chi connectivity index (χ1v) is 21.0. The van der Waals surface area contributed by atoms with Crippen molar-refractivity contribution in [1.82, 2.24) is 31.1 Å². The van der Waals surface area contributed by atoms with Crippen LogP contribution < -0.4 is 36.9 Å². The van der Waals surface area contributed by atoms with E-state index in [4.69, 9.17) is 11.5 Å². The summed E-state index contributed by atoms with van der Waals surface area (Å²) in [4.78, 5) is 93.1. The molecule has 0 aliphatic carbocycles. The molecule has 0 spiro atoms. The number of aliphatic hydroxyl groups is 8. The number of nitrogens with two attached hydrogens (primary N) is 2. The van der Waals surface area contributed by atoms with Crippen LogP contribution in [0.4, 0.5) is 0 Å². The lowest BCUT2D eigenvalue weighted by Crippen LogP contribution is -2.61. The highest BCUT2D eigenvalue weighted by atomic mass is 32.2. The average molecular weight is 950 g/mol. The van der Waals surface area contributed by atoms with Crippen LogP contribution in [0.3, 0.4) is 0 Å². The molecular weight excluding hydrogens is 893 g/mol. The second-order valence-electron chi connectivity index (χ2n) is 16.0. The number of amides is 7. The van der Waals surface area contributed by atoms with Crippen LogP contribution in [0.25, 0.3) is 0 Å². The number of aromatic hydroxyl groups is 1. The zero-order chi connectivity index (χ0) is 49.4. The Hall–Kier alpha value is -5.14. The maximum absolute atomic E-state index is 14.1. The minimum absolute atomic E-state index is 0.175. The Bertz CT molecular complexity index is 1930. The molecule has 1 aromatic carbocycles.